The molecular formula is C50H56N12O2. The third-order valence-corrected chi connectivity index (χ3v) is 13.2. The van der Waals surface area contributed by atoms with E-state index in [1.807, 2.05) is 46.2 Å². The van der Waals surface area contributed by atoms with Crippen molar-refractivity contribution < 1.29 is 9.59 Å². The van der Waals surface area contributed by atoms with Crippen LogP contribution in [0.5, 0.6) is 0 Å². The summed E-state index contributed by atoms with van der Waals surface area (Å²) >= 11 is 0. The van der Waals surface area contributed by atoms with Gasteiger partial charge in [-0.2, -0.15) is 10.4 Å². The summed E-state index contributed by atoms with van der Waals surface area (Å²) in [5.74, 6) is 3.51. The van der Waals surface area contributed by atoms with Crippen LogP contribution in [0.4, 0.5) is 0 Å². The van der Waals surface area contributed by atoms with Crippen LogP contribution in [0.2, 0.25) is 0 Å². The number of aliphatic imine (C=N–C) groups is 2. The number of rotatable bonds is 14. The lowest BCUT2D eigenvalue weighted by atomic mass is 9.97. The number of H-pyrrole nitrogens is 2. The van der Waals surface area contributed by atoms with E-state index in [0.29, 0.717) is 24.7 Å². The largest absolute Gasteiger partial charge is 0.294 e. The average Bonchev–Trinajstić information content (AvgIpc) is 4.22. The number of aromatic nitrogens is 8. The Hall–Kier alpha value is -6.70. The van der Waals surface area contributed by atoms with Gasteiger partial charge >= 0.3 is 0 Å². The van der Waals surface area contributed by atoms with Gasteiger partial charge in [-0.05, 0) is 82.3 Å². The van der Waals surface area contributed by atoms with Gasteiger partial charge < -0.3 is 0 Å². The zero-order valence-electron chi connectivity index (χ0n) is 36.8. The van der Waals surface area contributed by atoms with Gasteiger partial charge in [-0.25, -0.2) is 0 Å². The molecule has 6 aromatic rings. The second-order valence-electron chi connectivity index (χ2n) is 17.5. The molecule has 4 heterocycles. The Kier molecular flexibility index (Phi) is 12.6. The average molecular weight is 857 g/mol. The van der Waals surface area contributed by atoms with E-state index in [0.717, 1.165) is 146 Å². The SMILES string of the molecule is CCCCC1=NC2(CCCC2)C(=O)N1Cc1ccc(-c2ccccc2-c2nn[nH]n2)cc1.CCCCC1=NC2(CCCC2)C(=O)N1Cc1ccc(-c2ccccc2-c2nn[nH]n2)cc1. The monoisotopic (exact) mass is 856 g/mol. The third-order valence-electron chi connectivity index (χ3n) is 13.2. The minimum atomic E-state index is -0.480. The summed E-state index contributed by atoms with van der Waals surface area (Å²) in [4.78, 5) is 40.6. The minimum Gasteiger partial charge on any atom is -0.294 e. The van der Waals surface area contributed by atoms with E-state index < -0.39 is 11.1 Å². The number of amidine groups is 2. The number of tetrazole rings is 2. The first-order valence-corrected chi connectivity index (χ1v) is 23.1. The summed E-state index contributed by atoms with van der Waals surface area (Å²) in [6, 6.07) is 32.9. The van der Waals surface area contributed by atoms with Gasteiger partial charge in [0.15, 0.2) is 0 Å². The molecule has 64 heavy (non-hydrogen) atoms. The van der Waals surface area contributed by atoms with Crippen molar-refractivity contribution in [3.63, 3.8) is 0 Å². The van der Waals surface area contributed by atoms with Crippen LogP contribution in [-0.4, -0.2) is 85.6 Å². The van der Waals surface area contributed by atoms with Gasteiger partial charge in [-0.15, -0.1) is 20.4 Å². The molecule has 4 aromatic carbocycles. The van der Waals surface area contributed by atoms with Gasteiger partial charge in [0.05, 0.1) is 13.1 Å². The van der Waals surface area contributed by atoms with Crippen molar-refractivity contribution in [1.29, 1.82) is 0 Å². The maximum absolute atomic E-state index is 13.4. The van der Waals surface area contributed by atoms with Crippen LogP contribution in [0.15, 0.2) is 107 Å². The van der Waals surface area contributed by atoms with Gasteiger partial charge in [-0.3, -0.25) is 29.4 Å². The van der Waals surface area contributed by atoms with Gasteiger partial charge in [0.2, 0.25) is 11.6 Å². The predicted molar refractivity (Wildman–Crippen MR) is 248 cm³/mol. The Morgan fingerprint density at radius 1 is 0.516 bits per heavy atom. The zero-order valence-corrected chi connectivity index (χ0v) is 36.8. The summed E-state index contributed by atoms with van der Waals surface area (Å²) in [5, 5.41) is 28.9. The number of unbranched alkanes of at least 4 members (excludes halogenated alkanes) is 2. The first kappa shape index (κ1) is 42.6. The topological polar surface area (TPSA) is 174 Å². The van der Waals surface area contributed by atoms with Crippen molar-refractivity contribution in [2.45, 2.75) is 128 Å². The van der Waals surface area contributed by atoms with Gasteiger partial charge in [0, 0.05) is 24.0 Å². The molecule has 328 valence electrons. The highest BCUT2D eigenvalue weighted by atomic mass is 16.2. The minimum absolute atomic E-state index is 0.202. The first-order chi connectivity index (χ1) is 31.4. The van der Waals surface area contributed by atoms with E-state index in [9.17, 15) is 9.59 Å². The summed E-state index contributed by atoms with van der Waals surface area (Å²) in [5.41, 5.74) is 7.38. The molecule has 14 nitrogen and oxygen atoms in total. The van der Waals surface area contributed by atoms with Crippen molar-refractivity contribution in [3.05, 3.63) is 108 Å². The number of aromatic amines is 2. The Balaban J connectivity index is 0.000000162. The number of hydrogen-bond acceptors (Lipinski definition) is 10. The quantitative estimate of drug-likeness (QED) is 0.109. The molecule has 2 aliphatic carbocycles. The van der Waals surface area contributed by atoms with E-state index in [1.165, 1.54) is 0 Å². The highest BCUT2D eigenvalue weighted by Crippen LogP contribution is 2.42. The molecule has 14 heteroatoms. The van der Waals surface area contributed by atoms with E-state index in [-0.39, 0.29) is 11.8 Å². The zero-order chi connectivity index (χ0) is 43.9. The Bertz CT molecular complexity index is 2410. The van der Waals surface area contributed by atoms with E-state index >= 15 is 0 Å². The Labute approximate surface area is 374 Å². The molecule has 10 rings (SSSR count). The van der Waals surface area contributed by atoms with Gasteiger partial charge in [-0.1, -0.05) is 149 Å². The normalized spacial score (nSPS) is 17.3. The van der Waals surface area contributed by atoms with Crippen LogP contribution in [0.25, 0.3) is 45.0 Å². The molecule has 2 aliphatic heterocycles. The van der Waals surface area contributed by atoms with E-state index in [4.69, 9.17) is 9.98 Å². The number of hydrogen-bond donors (Lipinski definition) is 2. The van der Waals surface area contributed by atoms with Crippen LogP contribution >= 0.6 is 0 Å². The first-order valence-electron chi connectivity index (χ1n) is 23.1. The summed E-state index contributed by atoms with van der Waals surface area (Å²) in [6.45, 7) is 5.52. The fourth-order valence-corrected chi connectivity index (χ4v) is 9.75. The number of carbonyl (C=O) groups is 2. The molecule has 0 bridgehead atoms. The molecule has 0 saturated heterocycles. The Morgan fingerprint density at radius 3 is 1.23 bits per heavy atom. The molecule has 0 atom stereocenters. The van der Waals surface area contributed by atoms with E-state index in [1.54, 1.807) is 0 Å². The lowest BCUT2D eigenvalue weighted by Crippen LogP contribution is -2.40. The molecular weight excluding hydrogens is 801 g/mol. The van der Waals surface area contributed by atoms with Crippen molar-refractivity contribution in [1.82, 2.24) is 51.0 Å². The van der Waals surface area contributed by atoms with Crippen LogP contribution in [0, 0.1) is 0 Å². The van der Waals surface area contributed by atoms with Crippen molar-refractivity contribution >= 4 is 23.5 Å². The number of nitrogens with one attached hydrogen (secondary N) is 2. The summed E-state index contributed by atoms with van der Waals surface area (Å²) < 4.78 is 0. The van der Waals surface area contributed by atoms with Gasteiger partial charge in [0.25, 0.3) is 11.8 Å². The Morgan fingerprint density at radius 2 is 0.891 bits per heavy atom. The molecule has 2 aromatic heterocycles. The summed E-state index contributed by atoms with van der Waals surface area (Å²) in [6.07, 6.45) is 14.0. The number of benzene rings is 4. The summed E-state index contributed by atoms with van der Waals surface area (Å²) in [7, 11) is 0. The predicted octanol–water partition coefficient (Wildman–Crippen LogP) is 9.55. The molecule has 0 radical (unpaired) electrons. The number of carbonyl (C=O) groups excluding carboxylic acids is 2. The highest BCUT2D eigenvalue weighted by molar-refractivity contribution is 6.09. The molecule has 4 aliphatic rings. The second kappa shape index (κ2) is 19.0. The maximum atomic E-state index is 13.4. The van der Waals surface area contributed by atoms with E-state index in [2.05, 4.69) is 116 Å². The van der Waals surface area contributed by atoms with Gasteiger partial charge in [0.1, 0.15) is 22.7 Å². The lowest BCUT2D eigenvalue weighted by Gasteiger charge is -2.23. The number of nitrogens with zero attached hydrogens (tertiary/aromatic N) is 10. The van der Waals surface area contributed by atoms with Crippen molar-refractivity contribution in [2.24, 2.45) is 9.98 Å². The lowest BCUT2D eigenvalue weighted by molar-refractivity contribution is -0.132. The fourth-order valence-electron chi connectivity index (χ4n) is 9.75. The van der Waals surface area contributed by atoms with Crippen LogP contribution in [0.1, 0.15) is 115 Å². The van der Waals surface area contributed by atoms with Crippen LogP contribution in [-0.2, 0) is 22.7 Å². The fraction of sp³-hybridized carbons (Fsp3) is 0.400. The molecule has 2 amide bonds. The molecule has 2 N–H and O–H groups in total. The molecule has 2 spiro atoms. The number of amides is 2. The molecule has 2 saturated carbocycles. The van der Waals surface area contributed by atoms with Crippen LogP contribution in [0.3, 0.4) is 0 Å². The smallest absolute Gasteiger partial charge is 0.256 e. The van der Waals surface area contributed by atoms with Crippen molar-refractivity contribution in [2.75, 3.05) is 0 Å². The van der Waals surface area contributed by atoms with Crippen molar-refractivity contribution in [3.8, 4) is 45.0 Å². The van der Waals surface area contributed by atoms with Crippen LogP contribution < -0.4 is 0 Å². The molecule has 2 fully saturated rings. The second-order valence-corrected chi connectivity index (χ2v) is 17.5. The highest BCUT2D eigenvalue weighted by Gasteiger charge is 2.50. The molecule has 0 unspecified atom stereocenters. The third kappa shape index (κ3) is 8.65. The maximum Gasteiger partial charge on any atom is 0.256 e. The standard InChI is InChI=1S/2C25H28N6O/c2*1-2-3-10-22-26-25(15-6-7-16-25)24(32)31(22)17-18-11-13-19(14-12-18)20-8-4-5-9-21(20)23-27-29-30-28-23/h2*4-5,8-9,11-14H,2-3,6-7,10,15-17H2,1H3,(H,27,28,29,30).